The van der Waals surface area contributed by atoms with Crippen LogP contribution in [-0.4, -0.2) is 81.7 Å². The number of rotatable bonds is 4. The third-order valence-electron chi connectivity index (χ3n) is 6.34. The van der Waals surface area contributed by atoms with E-state index >= 15 is 0 Å². The maximum atomic E-state index is 13.8. The lowest BCUT2D eigenvalue weighted by molar-refractivity contribution is 0.0498. The van der Waals surface area contributed by atoms with Gasteiger partial charge in [-0.05, 0) is 12.1 Å². The monoisotopic (exact) mass is 467 g/mol. The highest BCUT2D eigenvalue weighted by Crippen LogP contribution is 2.34. The third-order valence-corrected chi connectivity index (χ3v) is 8.28. The Morgan fingerprint density at radius 3 is 1.88 bits per heavy atom. The summed E-state index contributed by atoms with van der Waals surface area (Å²) in [6, 6.07) is 16.2. The van der Waals surface area contributed by atoms with Crippen molar-refractivity contribution in [1.82, 2.24) is 9.21 Å². The largest absolute Gasteiger partial charge is 0.378 e. The standard InChI is InChI=1S/C24H25N3O5S/c28-22-19-8-4-5-9-20(19)23(29)24(21(22)26-14-16-32-17-15-26)33(30,31)27-12-10-25(11-13-27)18-6-2-1-3-7-18/h1-9H,10-17H2. The van der Waals surface area contributed by atoms with Crippen LogP contribution in [0.1, 0.15) is 20.7 Å². The first-order valence-electron chi connectivity index (χ1n) is 11.0. The molecule has 2 aliphatic heterocycles. The van der Waals surface area contributed by atoms with Crippen molar-refractivity contribution in [3.05, 3.63) is 76.3 Å². The Hall–Kier alpha value is -3.01. The normalized spacial score (nSPS) is 20.2. The van der Waals surface area contributed by atoms with Crippen LogP contribution >= 0.6 is 0 Å². The van der Waals surface area contributed by atoms with Crippen LogP contribution in [0, 0.1) is 0 Å². The number of fused-ring (bicyclic) bond motifs is 1. The number of hydrogen-bond donors (Lipinski definition) is 0. The molecule has 0 bridgehead atoms. The van der Waals surface area contributed by atoms with Gasteiger partial charge < -0.3 is 14.5 Å². The molecular weight excluding hydrogens is 442 g/mol. The zero-order valence-corrected chi connectivity index (χ0v) is 19.0. The number of sulfonamides is 1. The average molecular weight is 468 g/mol. The van der Waals surface area contributed by atoms with Crippen LogP contribution in [0.2, 0.25) is 0 Å². The molecule has 0 atom stereocenters. The van der Waals surface area contributed by atoms with Crippen molar-refractivity contribution >= 4 is 27.3 Å². The van der Waals surface area contributed by atoms with Crippen molar-refractivity contribution in [2.45, 2.75) is 0 Å². The van der Waals surface area contributed by atoms with Gasteiger partial charge in [0.05, 0.1) is 13.2 Å². The predicted molar refractivity (Wildman–Crippen MR) is 124 cm³/mol. The van der Waals surface area contributed by atoms with E-state index in [1.807, 2.05) is 30.3 Å². The highest BCUT2D eigenvalue weighted by atomic mass is 32.2. The second kappa shape index (κ2) is 8.74. The molecule has 9 heteroatoms. The van der Waals surface area contributed by atoms with Crippen LogP contribution in [0.25, 0.3) is 0 Å². The molecule has 8 nitrogen and oxygen atoms in total. The van der Waals surface area contributed by atoms with E-state index in [0.717, 1.165) is 5.69 Å². The maximum Gasteiger partial charge on any atom is 0.249 e. The van der Waals surface area contributed by atoms with E-state index in [1.165, 1.54) is 10.4 Å². The van der Waals surface area contributed by atoms with Crippen molar-refractivity contribution < 1.29 is 22.7 Å². The Balaban J connectivity index is 1.51. The second-order valence-corrected chi connectivity index (χ2v) is 10.1. The van der Waals surface area contributed by atoms with Gasteiger partial charge in [-0.25, -0.2) is 8.42 Å². The molecule has 0 unspecified atom stereocenters. The summed E-state index contributed by atoms with van der Waals surface area (Å²) >= 11 is 0. The van der Waals surface area contributed by atoms with E-state index in [4.69, 9.17) is 4.74 Å². The van der Waals surface area contributed by atoms with Gasteiger partial charge in [0.1, 0.15) is 5.70 Å². The van der Waals surface area contributed by atoms with Crippen LogP contribution < -0.4 is 4.90 Å². The number of carbonyl (C=O) groups is 2. The lowest BCUT2D eigenvalue weighted by atomic mass is 9.91. The summed E-state index contributed by atoms with van der Waals surface area (Å²) in [5.74, 6) is -1.04. The summed E-state index contributed by atoms with van der Waals surface area (Å²) in [5.41, 5.74) is 1.39. The molecular formula is C24H25N3O5S. The lowest BCUT2D eigenvalue weighted by Crippen LogP contribution is -2.51. The summed E-state index contributed by atoms with van der Waals surface area (Å²) in [5, 5.41) is 0. The van der Waals surface area contributed by atoms with E-state index in [1.54, 1.807) is 23.1 Å². The Kier molecular flexibility index (Phi) is 5.77. The summed E-state index contributed by atoms with van der Waals surface area (Å²) in [7, 11) is -4.18. The smallest absolute Gasteiger partial charge is 0.249 e. The van der Waals surface area contributed by atoms with E-state index in [9.17, 15) is 18.0 Å². The molecule has 0 saturated carbocycles. The Morgan fingerprint density at radius 1 is 0.667 bits per heavy atom. The zero-order valence-electron chi connectivity index (χ0n) is 18.1. The fourth-order valence-corrected chi connectivity index (χ4v) is 6.32. The number of Topliss-reactive ketones (excluding diaryl/α,β-unsaturated/α-hetero) is 2. The van der Waals surface area contributed by atoms with Crippen LogP contribution in [0.15, 0.2) is 65.2 Å². The van der Waals surface area contributed by atoms with Crippen LogP contribution in [0.4, 0.5) is 5.69 Å². The first-order chi connectivity index (χ1) is 16.0. The van der Waals surface area contributed by atoms with E-state index in [0.29, 0.717) is 39.4 Å². The number of allylic oxidation sites excluding steroid dienone is 2. The van der Waals surface area contributed by atoms with Crippen molar-refractivity contribution in [1.29, 1.82) is 0 Å². The summed E-state index contributed by atoms with van der Waals surface area (Å²) < 4.78 is 34.4. The number of piperazine rings is 1. The predicted octanol–water partition coefficient (Wildman–Crippen LogP) is 1.76. The van der Waals surface area contributed by atoms with Crippen LogP contribution in [0.3, 0.4) is 0 Å². The molecule has 5 rings (SSSR count). The minimum Gasteiger partial charge on any atom is -0.378 e. The zero-order chi connectivity index (χ0) is 23.0. The number of ketones is 2. The molecule has 2 fully saturated rings. The van der Waals surface area contributed by atoms with Crippen molar-refractivity contribution in [2.75, 3.05) is 57.4 Å². The SMILES string of the molecule is O=C1C(N2CCOCC2)=C(S(=O)(=O)N2CCN(c3ccccc3)CC2)C(=O)c2ccccc21. The van der Waals surface area contributed by atoms with Crippen molar-refractivity contribution in [3.8, 4) is 0 Å². The molecule has 2 saturated heterocycles. The van der Waals surface area contributed by atoms with Crippen LogP contribution in [0.5, 0.6) is 0 Å². The molecule has 2 aromatic carbocycles. The molecule has 0 aromatic heterocycles. The van der Waals surface area contributed by atoms with Gasteiger partial charge in [0.2, 0.25) is 21.6 Å². The van der Waals surface area contributed by atoms with Crippen molar-refractivity contribution in [3.63, 3.8) is 0 Å². The van der Waals surface area contributed by atoms with E-state index < -0.39 is 26.5 Å². The molecule has 0 spiro atoms. The molecule has 3 aliphatic rings. The second-order valence-electron chi connectivity index (χ2n) is 8.21. The van der Waals surface area contributed by atoms with E-state index in [2.05, 4.69) is 4.90 Å². The molecule has 2 aromatic rings. The maximum absolute atomic E-state index is 13.8. The minimum atomic E-state index is -4.18. The number of nitrogens with zero attached hydrogens (tertiary/aromatic N) is 3. The number of anilines is 1. The third kappa shape index (κ3) is 3.86. The molecule has 33 heavy (non-hydrogen) atoms. The number of benzene rings is 2. The molecule has 0 N–H and O–H groups in total. The van der Waals surface area contributed by atoms with Crippen LogP contribution in [-0.2, 0) is 14.8 Å². The quantitative estimate of drug-likeness (QED) is 0.677. The van der Waals surface area contributed by atoms with Gasteiger partial charge in [0.15, 0.2) is 4.91 Å². The molecule has 2 heterocycles. The Morgan fingerprint density at radius 2 is 1.24 bits per heavy atom. The Labute approximate surface area is 193 Å². The first kappa shape index (κ1) is 21.8. The lowest BCUT2D eigenvalue weighted by Gasteiger charge is -2.38. The summed E-state index contributed by atoms with van der Waals surface area (Å²) in [6.07, 6.45) is 0. The fourth-order valence-electron chi connectivity index (χ4n) is 4.61. The molecule has 0 amide bonds. The number of morpholine rings is 1. The number of ether oxygens (including phenoxy) is 1. The minimum absolute atomic E-state index is 0.0208. The molecule has 0 radical (unpaired) electrons. The van der Waals surface area contributed by atoms with Gasteiger partial charge >= 0.3 is 0 Å². The van der Waals surface area contributed by atoms with Gasteiger partial charge in [-0.3, -0.25) is 9.59 Å². The van der Waals surface area contributed by atoms with Crippen molar-refractivity contribution in [2.24, 2.45) is 0 Å². The topological polar surface area (TPSA) is 87.2 Å². The number of carbonyl (C=O) groups excluding carboxylic acids is 2. The van der Waals surface area contributed by atoms with Gasteiger partial charge in [0, 0.05) is 56.1 Å². The number of para-hydroxylation sites is 1. The number of hydrogen-bond acceptors (Lipinski definition) is 7. The summed E-state index contributed by atoms with van der Waals surface area (Å²) in [6.45, 7) is 2.94. The molecule has 1 aliphatic carbocycles. The van der Waals surface area contributed by atoms with Gasteiger partial charge in [-0.15, -0.1) is 0 Å². The average Bonchev–Trinajstić information content (AvgIpc) is 2.87. The van der Waals surface area contributed by atoms with E-state index in [-0.39, 0.29) is 29.9 Å². The highest BCUT2D eigenvalue weighted by Gasteiger charge is 2.44. The summed E-state index contributed by atoms with van der Waals surface area (Å²) in [4.78, 5) is 30.4. The Bertz CT molecular complexity index is 1210. The van der Waals surface area contributed by atoms with Gasteiger partial charge in [-0.1, -0.05) is 42.5 Å². The molecule has 172 valence electrons. The fraction of sp³-hybridized carbons (Fsp3) is 0.333. The highest BCUT2D eigenvalue weighted by molar-refractivity contribution is 7.94. The first-order valence-corrected chi connectivity index (χ1v) is 12.5. The van der Waals surface area contributed by atoms with Gasteiger partial charge in [-0.2, -0.15) is 4.31 Å². The van der Waals surface area contributed by atoms with Gasteiger partial charge in [0.25, 0.3) is 0 Å².